The van der Waals surface area contributed by atoms with Gasteiger partial charge in [-0.2, -0.15) is 11.3 Å². The van der Waals surface area contributed by atoms with Crippen LogP contribution in [0.25, 0.3) is 22.1 Å². The molecule has 2 N–H and O–H groups in total. The van der Waals surface area contributed by atoms with Gasteiger partial charge in [-0.25, -0.2) is 9.37 Å². The summed E-state index contributed by atoms with van der Waals surface area (Å²) in [6.45, 7) is 0.183. The number of hydrogen-bond donors (Lipinski definition) is 1. The molecule has 0 radical (unpaired) electrons. The van der Waals surface area contributed by atoms with E-state index in [0.717, 1.165) is 16.5 Å². The molecule has 1 aromatic carbocycles. The molecule has 4 nitrogen and oxygen atoms in total. The van der Waals surface area contributed by atoms with Gasteiger partial charge in [0.2, 0.25) is 5.75 Å². The van der Waals surface area contributed by atoms with Crippen LogP contribution >= 0.6 is 34.5 Å². The number of halogens is 3. The van der Waals surface area contributed by atoms with E-state index in [1.165, 1.54) is 12.1 Å². The Morgan fingerprint density at radius 3 is 2.89 bits per heavy atom. The van der Waals surface area contributed by atoms with E-state index in [9.17, 15) is 4.39 Å². The van der Waals surface area contributed by atoms with E-state index in [1.807, 2.05) is 16.8 Å². The fraction of sp³-hybridized carbons (Fsp3) is 0.105. The van der Waals surface area contributed by atoms with Crippen molar-refractivity contribution in [2.75, 3.05) is 12.3 Å². The Labute approximate surface area is 168 Å². The monoisotopic (exact) mass is 422 g/mol. The third-order valence-electron chi connectivity index (χ3n) is 4.17. The number of nitrogens with zero attached hydrogens (tertiary/aromatic N) is 1. The molecule has 0 unspecified atom stereocenters. The number of ether oxygens (including phenoxy) is 1. The molecule has 0 aliphatic carbocycles. The number of nitrogen functional groups attached to an aromatic ring is 1. The molecule has 0 aliphatic heterocycles. The summed E-state index contributed by atoms with van der Waals surface area (Å²) in [5.74, 6) is 0.0357. The minimum atomic E-state index is -0.522. The molecule has 4 rings (SSSR count). The zero-order chi connectivity index (χ0) is 19.0. The zero-order valence-corrected chi connectivity index (χ0v) is 16.2. The Hall–Kier alpha value is -2.28. The fourth-order valence-corrected chi connectivity index (χ4v) is 4.03. The molecular formula is C19H13Cl2FN2O2S. The first-order valence-electron chi connectivity index (χ1n) is 7.99. The van der Waals surface area contributed by atoms with Gasteiger partial charge in [-0.1, -0.05) is 23.2 Å². The number of benzene rings is 1. The van der Waals surface area contributed by atoms with Crippen LogP contribution in [0.1, 0.15) is 5.56 Å². The van der Waals surface area contributed by atoms with Crippen molar-refractivity contribution < 1.29 is 13.5 Å². The van der Waals surface area contributed by atoms with E-state index in [-0.39, 0.29) is 17.4 Å². The molecule has 4 aromatic rings. The molecular weight excluding hydrogens is 410 g/mol. The summed E-state index contributed by atoms with van der Waals surface area (Å²) in [6.07, 6.45) is 3.62. The van der Waals surface area contributed by atoms with Gasteiger partial charge in [-0.3, -0.25) is 0 Å². The van der Waals surface area contributed by atoms with Crippen LogP contribution in [0, 0.1) is 5.82 Å². The molecule has 0 amide bonds. The lowest BCUT2D eigenvalue weighted by molar-refractivity contribution is 0.321. The van der Waals surface area contributed by atoms with Crippen molar-refractivity contribution in [2.45, 2.75) is 6.42 Å². The second kappa shape index (κ2) is 7.38. The van der Waals surface area contributed by atoms with Crippen LogP contribution in [0.15, 0.2) is 45.8 Å². The summed E-state index contributed by atoms with van der Waals surface area (Å²) < 4.78 is 25.2. The average Bonchev–Trinajstić information content (AvgIpc) is 3.32. The van der Waals surface area contributed by atoms with Crippen LogP contribution in [0.5, 0.6) is 5.75 Å². The lowest BCUT2D eigenvalue weighted by atomic mass is 10.1. The van der Waals surface area contributed by atoms with Gasteiger partial charge in [0.15, 0.2) is 11.4 Å². The number of hydrogen-bond acceptors (Lipinski definition) is 5. The largest absolute Gasteiger partial charge is 0.486 e. The lowest BCUT2D eigenvalue weighted by Gasteiger charge is -2.11. The maximum atomic E-state index is 13.6. The topological polar surface area (TPSA) is 61.3 Å². The van der Waals surface area contributed by atoms with Gasteiger partial charge in [0.1, 0.15) is 5.82 Å². The van der Waals surface area contributed by atoms with E-state index in [4.69, 9.17) is 38.1 Å². The summed E-state index contributed by atoms with van der Waals surface area (Å²) in [6, 6.07) is 4.70. The molecule has 0 atom stereocenters. The minimum absolute atomic E-state index is 0.00634. The van der Waals surface area contributed by atoms with Gasteiger partial charge in [-0.05, 0) is 40.1 Å². The van der Waals surface area contributed by atoms with Gasteiger partial charge < -0.3 is 14.9 Å². The highest BCUT2D eigenvalue weighted by Gasteiger charge is 2.17. The van der Waals surface area contributed by atoms with Gasteiger partial charge in [0.05, 0.1) is 23.3 Å². The number of furan rings is 1. The van der Waals surface area contributed by atoms with Crippen molar-refractivity contribution in [3.05, 3.63) is 62.8 Å². The third-order valence-corrected chi connectivity index (χ3v) is 5.62. The van der Waals surface area contributed by atoms with Gasteiger partial charge >= 0.3 is 0 Å². The quantitative estimate of drug-likeness (QED) is 0.388. The molecule has 138 valence electrons. The third kappa shape index (κ3) is 3.36. The van der Waals surface area contributed by atoms with Gasteiger partial charge in [-0.15, -0.1) is 0 Å². The van der Waals surface area contributed by atoms with Crippen molar-refractivity contribution >= 4 is 51.3 Å². The van der Waals surface area contributed by atoms with Crippen molar-refractivity contribution in [2.24, 2.45) is 0 Å². The second-order valence-corrected chi connectivity index (χ2v) is 7.36. The maximum absolute atomic E-state index is 13.6. The van der Waals surface area contributed by atoms with Crippen molar-refractivity contribution in [3.63, 3.8) is 0 Å². The Balaban J connectivity index is 1.61. The molecule has 0 saturated heterocycles. The first-order chi connectivity index (χ1) is 13.1. The summed E-state index contributed by atoms with van der Waals surface area (Å²) >= 11 is 13.7. The van der Waals surface area contributed by atoms with Crippen LogP contribution in [0.3, 0.4) is 0 Å². The number of anilines is 1. The predicted molar refractivity (Wildman–Crippen MR) is 107 cm³/mol. The summed E-state index contributed by atoms with van der Waals surface area (Å²) in [5, 5.41) is 5.19. The maximum Gasteiger partial charge on any atom is 0.205 e. The second-order valence-electron chi connectivity index (χ2n) is 5.80. The molecule has 8 heteroatoms. The fourth-order valence-electron chi connectivity index (χ4n) is 2.81. The summed E-state index contributed by atoms with van der Waals surface area (Å²) in [7, 11) is 0. The molecule has 0 fully saturated rings. The SMILES string of the molecule is Nc1ncc2c(-c3ccsc3)coc2c1OCCc1c(Cl)ccc(F)c1Cl. The number of aromatic nitrogens is 1. The Kier molecular flexibility index (Phi) is 4.95. The minimum Gasteiger partial charge on any atom is -0.486 e. The molecule has 0 spiro atoms. The molecule has 0 bridgehead atoms. The molecule has 27 heavy (non-hydrogen) atoms. The van der Waals surface area contributed by atoms with Gasteiger partial charge in [0.25, 0.3) is 0 Å². The molecule has 3 heterocycles. The number of rotatable bonds is 5. The van der Waals surface area contributed by atoms with E-state index >= 15 is 0 Å². The smallest absolute Gasteiger partial charge is 0.205 e. The van der Waals surface area contributed by atoms with Crippen LogP contribution in [0.2, 0.25) is 10.0 Å². The van der Waals surface area contributed by atoms with Crippen molar-refractivity contribution in [3.8, 4) is 16.9 Å². The highest BCUT2D eigenvalue weighted by molar-refractivity contribution is 7.08. The van der Waals surface area contributed by atoms with Crippen LogP contribution in [0.4, 0.5) is 10.2 Å². The number of pyridine rings is 1. The zero-order valence-electron chi connectivity index (χ0n) is 13.8. The van der Waals surface area contributed by atoms with Crippen LogP contribution in [-0.4, -0.2) is 11.6 Å². The van der Waals surface area contributed by atoms with E-state index < -0.39 is 5.82 Å². The molecule has 3 aromatic heterocycles. The van der Waals surface area contributed by atoms with Crippen LogP contribution in [-0.2, 0) is 6.42 Å². The Bertz CT molecular complexity index is 1110. The Morgan fingerprint density at radius 1 is 1.26 bits per heavy atom. The molecule has 0 saturated carbocycles. The highest BCUT2D eigenvalue weighted by Crippen LogP contribution is 2.38. The van der Waals surface area contributed by atoms with Crippen molar-refractivity contribution in [1.29, 1.82) is 0 Å². The first kappa shape index (κ1) is 18.1. The number of fused-ring (bicyclic) bond motifs is 1. The van der Waals surface area contributed by atoms with E-state index in [1.54, 1.807) is 23.8 Å². The normalized spacial score (nSPS) is 11.2. The highest BCUT2D eigenvalue weighted by atomic mass is 35.5. The first-order valence-corrected chi connectivity index (χ1v) is 9.69. The summed E-state index contributed by atoms with van der Waals surface area (Å²) in [5.41, 5.74) is 8.92. The standard InChI is InChI=1S/C19H13Cl2FN2O2S/c20-14-1-2-15(22)16(21)11(14)3-5-25-18-17-12(7-24-19(18)23)13(8-26-17)10-4-6-27-9-10/h1-2,4,6-9H,3,5H2,(H2,23,24). The lowest BCUT2D eigenvalue weighted by Crippen LogP contribution is -2.06. The van der Waals surface area contributed by atoms with Gasteiger partial charge in [0, 0.05) is 23.2 Å². The van der Waals surface area contributed by atoms with Crippen molar-refractivity contribution in [1.82, 2.24) is 4.98 Å². The number of nitrogens with two attached hydrogens (primary N) is 1. The van der Waals surface area contributed by atoms with E-state index in [2.05, 4.69) is 4.98 Å². The Morgan fingerprint density at radius 2 is 2.11 bits per heavy atom. The average molecular weight is 423 g/mol. The molecule has 0 aliphatic rings. The van der Waals surface area contributed by atoms with Crippen LogP contribution < -0.4 is 10.5 Å². The van der Waals surface area contributed by atoms with E-state index in [0.29, 0.717) is 28.3 Å². The summed E-state index contributed by atoms with van der Waals surface area (Å²) in [4.78, 5) is 4.21. The predicted octanol–water partition coefficient (Wildman–Crippen LogP) is 6.21. The number of thiophene rings is 1.